The van der Waals surface area contributed by atoms with Gasteiger partial charge in [-0.1, -0.05) is 38.4 Å². The molecule has 2 atom stereocenters. The van der Waals surface area contributed by atoms with Crippen molar-refractivity contribution < 1.29 is 4.39 Å². The monoisotopic (exact) mass is 312 g/mol. The molecule has 1 aliphatic heterocycles. The molecule has 2 unspecified atom stereocenters. The van der Waals surface area contributed by atoms with Crippen molar-refractivity contribution in [2.24, 2.45) is 5.41 Å². The van der Waals surface area contributed by atoms with Crippen molar-refractivity contribution in [2.45, 2.75) is 52.7 Å². The van der Waals surface area contributed by atoms with Gasteiger partial charge < -0.3 is 5.32 Å². The van der Waals surface area contributed by atoms with Crippen LogP contribution in [0.3, 0.4) is 0 Å². The maximum Gasteiger partial charge on any atom is 0.141 e. The number of benzene rings is 1. The van der Waals surface area contributed by atoms with Crippen molar-refractivity contribution >= 4 is 11.6 Å². The van der Waals surface area contributed by atoms with E-state index in [0.717, 1.165) is 31.6 Å². The first-order chi connectivity index (χ1) is 9.77. The molecule has 0 aromatic heterocycles. The Balaban J connectivity index is 2.13. The standard InChI is InChI=1S/C17H26ClFN2/c1-12-7-8-20-16(17(2,3)4)11-21(12)10-13-5-6-15(19)14(18)9-13/h5-6,9,12,16,20H,7-8,10-11H2,1-4H3. The van der Waals surface area contributed by atoms with Gasteiger partial charge in [-0.25, -0.2) is 4.39 Å². The van der Waals surface area contributed by atoms with E-state index in [-0.39, 0.29) is 16.3 Å². The summed E-state index contributed by atoms with van der Waals surface area (Å²) >= 11 is 5.90. The molecule has 4 heteroatoms. The van der Waals surface area contributed by atoms with E-state index in [1.54, 1.807) is 6.07 Å². The third-order valence-electron chi connectivity index (χ3n) is 4.41. The van der Waals surface area contributed by atoms with Gasteiger partial charge in [0.15, 0.2) is 0 Å². The van der Waals surface area contributed by atoms with Gasteiger partial charge in [-0.05, 0) is 43.0 Å². The summed E-state index contributed by atoms with van der Waals surface area (Å²) in [4.78, 5) is 2.47. The van der Waals surface area contributed by atoms with E-state index in [2.05, 4.69) is 37.9 Å². The van der Waals surface area contributed by atoms with E-state index in [0.29, 0.717) is 12.1 Å². The van der Waals surface area contributed by atoms with Gasteiger partial charge in [-0.3, -0.25) is 4.90 Å². The Morgan fingerprint density at radius 2 is 2.10 bits per heavy atom. The summed E-state index contributed by atoms with van der Waals surface area (Å²) in [5.41, 5.74) is 1.30. The number of halogens is 2. The van der Waals surface area contributed by atoms with Gasteiger partial charge in [-0.2, -0.15) is 0 Å². The van der Waals surface area contributed by atoms with Crippen molar-refractivity contribution in [3.05, 3.63) is 34.6 Å². The van der Waals surface area contributed by atoms with Crippen molar-refractivity contribution in [3.8, 4) is 0 Å². The van der Waals surface area contributed by atoms with E-state index in [4.69, 9.17) is 11.6 Å². The summed E-state index contributed by atoms with van der Waals surface area (Å²) in [5.74, 6) is -0.349. The highest BCUT2D eigenvalue weighted by atomic mass is 35.5. The number of nitrogens with one attached hydrogen (secondary N) is 1. The van der Waals surface area contributed by atoms with Crippen LogP contribution in [0.25, 0.3) is 0 Å². The lowest BCUT2D eigenvalue weighted by atomic mass is 9.86. The smallest absolute Gasteiger partial charge is 0.141 e. The van der Waals surface area contributed by atoms with Crippen molar-refractivity contribution in [1.29, 1.82) is 0 Å². The third kappa shape index (κ3) is 4.41. The van der Waals surface area contributed by atoms with Crippen LogP contribution in [0.2, 0.25) is 5.02 Å². The van der Waals surface area contributed by atoms with Crippen molar-refractivity contribution in [1.82, 2.24) is 10.2 Å². The lowest BCUT2D eigenvalue weighted by Gasteiger charge is -2.35. The molecule has 118 valence electrons. The minimum atomic E-state index is -0.349. The predicted octanol–water partition coefficient (Wildman–Crippen LogP) is 4.08. The molecule has 21 heavy (non-hydrogen) atoms. The quantitative estimate of drug-likeness (QED) is 0.885. The molecule has 1 N–H and O–H groups in total. The molecule has 0 amide bonds. The molecule has 0 saturated carbocycles. The Morgan fingerprint density at radius 3 is 2.71 bits per heavy atom. The van der Waals surface area contributed by atoms with Crippen LogP contribution in [0, 0.1) is 11.2 Å². The maximum absolute atomic E-state index is 13.3. The molecule has 1 aliphatic rings. The summed E-state index contributed by atoms with van der Waals surface area (Å²) < 4.78 is 13.3. The van der Waals surface area contributed by atoms with Gasteiger partial charge in [0.2, 0.25) is 0 Å². The Bertz CT molecular complexity index is 484. The minimum Gasteiger partial charge on any atom is -0.312 e. The lowest BCUT2D eigenvalue weighted by molar-refractivity contribution is 0.157. The second-order valence-electron chi connectivity index (χ2n) is 7.19. The summed E-state index contributed by atoms with van der Waals surface area (Å²) in [5, 5.41) is 3.87. The molecule has 0 bridgehead atoms. The zero-order valence-electron chi connectivity index (χ0n) is 13.4. The average Bonchev–Trinajstić information content (AvgIpc) is 2.56. The molecular weight excluding hydrogens is 287 g/mol. The molecule has 2 nitrogen and oxygen atoms in total. The Morgan fingerprint density at radius 1 is 1.38 bits per heavy atom. The average molecular weight is 313 g/mol. The van der Waals surface area contributed by atoms with E-state index >= 15 is 0 Å². The van der Waals surface area contributed by atoms with Crippen LogP contribution in [0.5, 0.6) is 0 Å². The second-order valence-corrected chi connectivity index (χ2v) is 7.60. The lowest BCUT2D eigenvalue weighted by Crippen LogP contribution is -2.47. The molecule has 1 saturated heterocycles. The summed E-state index contributed by atoms with van der Waals surface area (Å²) in [6, 6.07) is 6.00. The fraction of sp³-hybridized carbons (Fsp3) is 0.647. The highest BCUT2D eigenvalue weighted by molar-refractivity contribution is 6.30. The van der Waals surface area contributed by atoms with E-state index in [1.807, 2.05) is 6.07 Å². The first-order valence-electron chi connectivity index (χ1n) is 7.68. The Hall–Kier alpha value is -0.640. The number of rotatable bonds is 2. The Kier molecular flexibility index (Phi) is 5.29. The normalized spacial score (nSPS) is 24.9. The predicted molar refractivity (Wildman–Crippen MR) is 87.1 cm³/mol. The number of hydrogen-bond donors (Lipinski definition) is 1. The maximum atomic E-state index is 13.3. The van der Waals surface area contributed by atoms with Gasteiger partial charge in [0.25, 0.3) is 0 Å². The molecule has 0 spiro atoms. The molecule has 0 radical (unpaired) electrons. The van der Waals surface area contributed by atoms with Crippen LogP contribution < -0.4 is 5.32 Å². The van der Waals surface area contributed by atoms with E-state index in [9.17, 15) is 4.39 Å². The van der Waals surface area contributed by atoms with E-state index < -0.39 is 0 Å². The molecule has 1 aromatic rings. The fourth-order valence-electron chi connectivity index (χ4n) is 2.80. The Labute approximate surface area is 132 Å². The van der Waals surface area contributed by atoms with Gasteiger partial charge in [0.05, 0.1) is 5.02 Å². The fourth-order valence-corrected chi connectivity index (χ4v) is 3.00. The summed E-state index contributed by atoms with van der Waals surface area (Å²) in [7, 11) is 0. The summed E-state index contributed by atoms with van der Waals surface area (Å²) in [6.07, 6.45) is 1.13. The minimum absolute atomic E-state index is 0.209. The topological polar surface area (TPSA) is 15.3 Å². The van der Waals surface area contributed by atoms with Gasteiger partial charge in [0.1, 0.15) is 5.82 Å². The zero-order chi connectivity index (χ0) is 15.6. The molecule has 0 aliphatic carbocycles. The van der Waals surface area contributed by atoms with Crippen LogP contribution in [-0.2, 0) is 6.54 Å². The van der Waals surface area contributed by atoms with Crippen LogP contribution in [-0.4, -0.2) is 30.1 Å². The van der Waals surface area contributed by atoms with Crippen LogP contribution in [0.4, 0.5) is 4.39 Å². The zero-order valence-corrected chi connectivity index (χ0v) is 14.2. The third-order valence-corrected chi connectivity index (χ3v) is 4.70. The van der Waals surface area contributed by atoms with Crippen LogP contribution >= 0.6 is 11.6 Å². The van der Waals surface area contributed by atoms with Gasteiger partial charge >= 0.3 is 0 Å². The molecule has 1 fully saturated rings. The molecule has 1 aromatic carbocycles. The van der Waals surface area contributed by atoms with Gasteiger partial charge in [0, 0.05) is 25.2 Å². The highest BCUT2D eigenvalue weighted by Gasteiger charge is 2.30. The second kappa shape index (κ2) is 6.64. The first-order valence-corrected chi connectivity index (χ1v) is 8.06. The number of nitrogens with zero attached hydrogens (tertiary/aromatic N) is 1. The van der Waals surface area contributed by atoms with Crippen LogP contribution in [0.15, 0.2) is 18.2 Å². The van der Waals surface area contributed by atoms with Crippen molar-refractivity contribution in [2.75, 3.05) is 13.1 Å². The molecule has 1 heterocycles. The van der Waals surface area contributed by atoms with E-state index in [1.165, 1.54) is 6.07 Å². The highest BCUT2D eigenvalue weighted by Crippen LogP contribution is 2.25. The summed E-state index contributed by atoms with van der Waals surface area (Å²) in [6.45, 7) is 11.9. The SMILES string of the molecule is CC1CCNC(C(C)(C)C)CN1Cc1ccc(F)c(Cl)c1. The largest absolute Gasteiger partial charge is 0.312 e. The van der Waals surface area contributed by atoms with Crippen molar-refractivity contribution in [3.63, 3.8) is 0 Å². The molecule has 2 rings (SSSR count). The van der Waals surface area contributed by atoms with Crippen LogP contribution in [0.1, 0.15) is 39.7 Å². The first kappa shape index (κ1) is 16.7. The van der Waals surface area contributed by atoms with Gasteiger partial charge in [-0.15, -0.1) is 0 Å². The molecular formula is C17H26ClFN2. The number of hydrogen-bond acceptors (Lipinski definition) is 2.